The number of rotatable bonds is 3. The summed E-state index contributed by atoms with van der Waals surface area (Å²) in [6.07, 6.45) is -0.169. The van der Waals surface area contributed by atoms with Crippen LogP contribution in [-0.4, -0.2) is 34.1 Å². The third-order valence-corrected chi connectivity index (χ3v) is 4.57. The van der Waals surface area contributed by atoms with E-state index >= 15 is 0 Å². The van der Waals surface area contributed by atoms with Crippen molar-refractivity contribution in [3.63, 3.8) is 0 Å². The van der Waals surface area contributed by atoms with Crippen LogP contribution >= 0.6 is 0 Å². The van der Waals surface area contributed by atoms with E-state index in [1.807, 2.05) is 6.07 Å². The molecule has 0 unspecified atom stereocenters. The largest absolute Gasteiger partial charge is 0.449 e. The second-order valence-corrected chi connectivity index (χ2v) is 5.85. The van der Waals surface area contributed by atoms with Crippen LogP contribution in [0.2, 0.25) is 0 Å². The van der Waals surface area contributed by atoms with Gasteiger partial charge < -0.3 is 20.3 Å². The third-order valence-electron chi connectivity index (χ3n) is 4.57. The minimum absolute atomic E-state index is 0.212. The molecule has 0 radical (unpaired) electrons. The summed E-state index contributed by atoms with van der Waals surface area (Å²) < 4.78 is 4.84. The molecule has 20 heavy (non-hydrogen) atoms. The SMILES string of the molecule is C[C@@](O)([C@@](C)(O)c1ccccc1)[C@]1(C)CCOC(=O)N1. The molecule has 0 bridgehead atoms. The highest BCUT2D eigenvalue weighted by atomic mass is 16.6. The van der Waals surface area contributed by atoms with Gasteiger partial charge in [0.25, 0.3) is 0 Å². The van der Waals surface area contributed by atoms with Crippen molar-refractivity contribution in [2.75, 3.05) is 6.61 Å². The number of carbonyl (C=O) groups is 1. The van der Waals surface area contributed by atoms with Gasteiger partial charge in [-0.2, -0.15) is 0 Å². The predicted octanol–water partition coefficient (Wildman–Crippen LogP) is 1.53. The number of aliphatic hydroxyl groups is 2. The van der Waals surface area contributed by atoms with Gasteiger partial charge in [0.15, 0.2) is 0 Å². The molecule has 3 N–H and O–H groups in total. The molecule has 2 rings (SSSR count). The number of carbonyl (C=O) groups excluding carboxylic acids is 1. The normalized spacial score (nSPS) is 28.8. The number of amides is 1. The molecule has 1 aromatic rings. The number of nitrogens with one attached hydrogen (secondary N) is 1. The molecule has 1 saturated heterocycles. The molecule has 5 heteroatoms. The molecule has 110 valence electrons. The van der Waals surface area contributed by atoms with Crippen LogP contribution in [0.1, 0.15) is 32.8 Å². The molecular weight excluding hydrogens is 258 g/mol. The van der Waals surface area contributed by atoms with Gasteiger partial charge >= 0.3 is 6.09 Å². The van der Waals surface area contributed by atoms with E-state index in [-0.39, 0.29) is 6.61 Å². The minimum Gasteiger partial charge on any atom is -0.449 e. The van der Waals surface area contributed by atoms with E-state index in [0.29, 0.717) is 12.0 Å². The summed E-state index contributed by atoms with van der Waals surface area (Å²) in [6.45, 7) is 5.01. The third kappa shape index (κ3) is 2.17. The molecule has 0 spiro atoms. The van der Waals surface area contributed by atoms with Gasteiger partial charge in [0.2, 0.25) is 0 Å². The zero-order valence-electron chi connectivity index (χ0n) is 12.0. The van der Waals surface area contributed by atoms with Crippen molar-refractivity contribution in [1.29, 1.82) is 0 Å². The van der Waals surface area contributed by atoms with Crippen molar-refractivity contribution < 1.29 is 19.7 Å². The fraction of sp³-hybridized carbons (Fsp3) is 0.533. The Bertz CT molecular complexity index is 498. The lowest BCUT2D eigenvalue weighted by atomic mass is 9.67. The lowest BCUT2D eigenvalue weighted by molar-refractivity contribution is -0.186. The maximum absolute atomic E-state index is 11.5. The van der Waals surface area contributed by atoms with E-state index in [9.17, 15) is 15.0 Å². The lowest BCUT2D eigenvalue weighted by Gasteiger charge is -2.52. The van der Waals surface area contributed by atoms with Crippen LogP contribution in [0.5, 0.6) is 0 Å². The number of cyclic esters (lactones) is 1. The Labute approximate surface area is 118 Å². The highest BCUT2D eigenvalue weighted by molar-refractivity contribution is 5.69. The van der Waals surface area contributed by atoms with Crippen LogP contribution in [0.3, 0.4) is 0 Å². The first kappa shape index (κ1) is 14.8. The van der Waals surface area contributed by atoms with Crippen LogP contribution in [0.15, 0.2) is 30.3 Å². The number of benzene rings is 1. The molecule has 1 aliphatic heterocycles. The fourth-order valence-corrected chi connectivity index (χ4v) is 2.62. The standard InChI is InChI=1S/C15H21NO4/c1-13(9-10-20-12(17)16-13)15(3,19)14(2,18)11-7-5-4-6-8-11/h4-8,18-19H,9-10H2,1-3H3,(H,16,17)/t13-,14-,15-/m0/s1. The van der Waals surface area contributed by atoms with E-state index in [0.717, 1.165) is 0 Å². The maximum Gasteiger partial charge on any atom is 0.407 e. The summed E-state index contributed by atoms with van der Waals surface area (Å²) in [6, 6.07) is 8.93. The van der Waals surface area contributed by atoms with Crippen LogP contribution in [0, 0.1) is 0 Å². The van der Waals surface area contributed by atoms with E-state index in [4.69, 9.17) is 4.74 Å². The zero-order valence-corrected chi connectivity index (χ0v) is 12.0. The van der Waals surface area contributed by atoms with Crippen molar-refractivity contribution >= 4 is 6.09 Å². The van der Waals surface area contributed by atoms with E-state index < -0.39 is 22.8 Å². The summed E-state index contributed by atoms with van der Waals surface area (Å²) in [5.41, 5.74) is -3.48. The molecule has 0 aromatic heterocycles. The van der Waals surface area contributed by atoms with Crippen molar-refractivity contribution in [3.8, 4) is 0 Å². The number of hydrogen-bond donors (Lipinski definition) is 3. The quantitative estimate of drug-likeness (QED) is 0.784. The number of alkyl carbamates (subject to hydrolysis) is 1. The summed E-state index contributed by atoms with van der Waals surface area (Å²) >= 11 is 0. The Morgan fingerprint density at radius 2 is 1.85 bits per heavy atom. The number of ether oxygens (including phenoxy) is 1. The van der Waals surface area contributed by atoms with Crippen LogP contribution < -0.4 is 5.32 Å². The first-order chi connectivity index (χ1) is 9.21. The molecule has 5 nitrogen and oxygen atoms in total. The van der Waals surface area contributed by atoms with Gasteiger partial charge in [0.1, 0.15) is 11.2 Å². The summed E-state index contributed by atoms with van der Waals surface area (Å²) in [5.74, 6) is 0. The predicted molar refractivity (Wildman–Crippen MR) is 74.1 cm³/mol. The van der Waals surface area contributed by atoms with E-state index in [1.54, 1.807) is 38.1 Å². The van der Waals surface area contributed by atoms with Crippen LogP contribution in [0.4, 0.5) is 4.79 Å². The van der Waals surface area contributed by atoms with Crippen molar-refractivity contribution in [3.05, 3.63) is 35.9 Å². The Hall–Kier alpha value is -1.59. The molecule has 1 fully saturated rings. The molecular formula is C15H21NO4. The lowest BCUT2D eigenvalue weighted by Crippen LogP contribution is -2.70. The fourth-order valence-electron chi connectivity index (χ4n) is 2.62. The Morgan fingerprint density at radius 1 is 1.25 bits per heavy atom. The summed E-state index contributed by atoms with van der Waals surface area (Å²) in [7, 11) is 0. The van der Waals surface area contributed by atoms with E-state index in [2.05, 4.69) is 5.32 Å². The second-order valence-electron chi connectivity index (χ2n) is 5.85. The van der Waals surface area contributed by atoms with Crippen molar-refractivity contribution in [2.45, 2.75) is 43.9 Å². The Kier molecular flexibility index (Phi) is 3.52. The van der Waals surface area contributed by atoms with E-state index in [1.165, 1.54) is 6.92 Å². The second kappa shape index (κ2) is 4.75. The Morgan fingerprint density at radius 3 is 2.40 bits per heavy atom. The molecule has 1 aliphatic rings. The van der Waals surface area contributed by atoms with Gasteiger partial charge in [-0.05, 0) is 26.3 Å². The average molecular weight is 279 g/mol. The summed E-state index contributed by atoms with van der Waals surface area (Å²) in [5, 5.41) is 24.5. The van der Waals surface area contributed by atoms with Gasteiger partial charge in [0.05, 0.1) is 12.1 Å². The molecule has 1 amide bonds. The van der Waals surface area contributed by atoms with Gasteiger partial charge in [0, 0.05) is 6.42 Å². The van der Waals surface area contributed by atoms with Gasteiger partial charge in [-0.3, -0.25) is 0 Å². The average Bonchev–Trinajstić information content (AvgIpc) is 2.39. The molecule has 3 atom stereocenters. The van der Waals surface area contributed by atoms with Gasteiger partial charge in [-0.1, -0.05) is 30.3 Å². The number of hydrogen-bond acceptors (Lipinski definition) is 4. The van der Waals surface area contributed by atoms with Gasteiger partial charge in [-0.15, -0.1) is 0 Å². The Balaban J connectivity index is 2.40. The highest BCUT2D eigenvalue weighted by Crippen LogP contribution is 2.42. The van der Waals surface area contributed by atoms with Crippen LogP contribution in [0.25, 0.3) is 0 Å². The molecule has 0 aliphatic carbocycles. The van der Waals surface area contributed by atoms with Crippen LogP contribution in [-0.2, 0) is 10.3 Å². The first-order valence-corrected chi connectivity index (χ1v) is 6.66. The van der Waals surface area contributed by atoms with Gasteiger partial charge in [-0.25, -0.2) is 4.79 Å². The first-order valence-electron chi connectivity index (χ1n) is 6.66. The maximum atomic E-state index is 11.5. The summed E-state index contributed by atoms with van der Waals surface area (Å²) in [4.78, 5) is 11.5. The topological polar surface area (TPSA) is 78.8 Å². The molecule has 1 heterocycles. The highest BCUT2D eigenvalue weighted by Gasteiger charge is 2.57. The monoisotopic (exact) mass is 279 g/mol. The van der Waals surface area contributed by atoms with Crippen molar-refractivity contribution in [2.24, 2.45) is 0 Å². The zero-order chi connectivity index (χ0) is 15.0. The smallest absolute Gasteiger partial charge is 0.407 e. The molecule has 0 saturated carbocycles. The molecule has 1 aromatic carbocycles. The van der Waals surface area contributed by atoms with Crippen molar-refractivity contribution in [1.82, 2.24) is 5.32 Å². The minimum atomic E-state index is -1.57.